The Balaban J connectivity index is 1.56. The van der Waals surface area contributed by atoms with E-state index in [1.165, 1.54) is 0 Å². The summed E-state index contributed by atoms with van der Waals surface area (Å²) < 4.78 is 5.70. The molecule has 2 N–H and O–H groups in total. The molecule has 1 aromatic carbocycles. The van der Waals surface area contributed by atoms with E-state index in [4.69, 9.17) is 4.74 Å². The van der Waals surface area contributed by atoms with Crippen LogP contribution >= 0.6 is 0 Å². The first kappa shape index (κ1) is 18.7. The monoisotopic (exact) mass is 359 g/mol. The van der Waals surface area contributed by atoms with Crippen molar-refractivity contribution in [1.29, 1.82) is 0 Å². The van der Waals surface area contributed by atoms with Crippen molar-refractivity contribution in [1.82, 2.24) is 10.2 Å². The minimum absolute atomic E-state index is 0.113. The van der Waals surface area contributed by atoms with E-state index in [1.54, 1.807) is 32.0 Å². The number of rotatable bonds is 4. The molecule has 0 atom stereocenters. The second-order valence-electron chi connectivity index (χ2n) is 8.06. The van der Waals surface area contributed by atoms with E-state index < -0.39 is 5.60 Å². The normalized spacial score (nSPS) is 20.3. The molecule has 0 bridgehead atoms. The summed E-state index contributed by atoms with van der Waals surface area (Å²) in [7, 11) is 0. The van der Waals surface area contributed by atoms with Gasteiger partial charge in [-0.15, -0.1) is 0 Å². The quantitative estimate of drug-likeness (QED) is 0.867. The van der Waals surface area contributed by atoms with Gasteiger partial charge >= 0.3 is 0 Å². The zero-order chi connectivity index (χ0) is 18.9. The van der Waals surface area contributed by atoms with Crippen LogP contribution in [0.15, 0.2) is 18.2 Å². The molecule has 2 aliphatic rings. The van der Waals surface area contributed by atoms with Gasteiger partial charge in [0, 0.05) is 18.2 Å². The van der Waals surface area contributed by atoms with Crippen LogP contribution < -0.4 is 15.4 Å². The number of benzene rings is 1. The zero-order valence-corrected chi connectivity index (χ0v) is 16.1. The van der Waals surface area contributed by atoms with E-state index in [0.717, 1.165) is 25.9 Å². The van der Waals surface area contributed by atoms with Gasteiger partial charge < -0.3 is 20.3 Å². The molecule has 0 saturated carbocycles. The molecule has 0 aromatic heterocycles. The number of fused-ring (bicyclic) bond motifs is 1. The van der Waals surface area contributed by atoms with Crippen molar-refractivity contribution in [3.8, 4) is 5.75 Å². The summed E-state index contributed by atoms with van der Waals surface area (Å²) >= 11 is 0. The fourth-order valence-corrected chi connectivity index (χ4v) is 3.46. The van der Waals surface area contributed by atoms with Crippen molar-refractivity contribution in [2.75, 3.05) is 25.0 Å². The average Bonchev–Trinajstić information content (AvgIpc) is 2.60. The molecule has 2 aliphatic heterocycles. The van der Waals surface area contributed by atoms with E-state index in [-0.39, 0.29) is 11.8 Å². The van der Waals surface area contributed by atoms with Gasteiger partial charge in [0.1, 0.15) is 5.75 Å². The fourth-order valence-electron chi connectivity index (χ4n) is 3.46. The second kappa shape index (κ2) is 7.27. The van der Waals surface area contributed by atoms with Gasteiger partial charge in [-0.25, -0.2) is 0 Å². The predicted octanol–water partition coefficient (Wildman–Crippen LogP) is 2.65. The maximum absolute atomic E-state index is 12.5. The first-order valence-corrected chi connectivity index (χ1v) is 9.43. The van der Waals surface area contributed by atoms with Crippen LogP contribution in [0.25, 0.3) is 0 Å². The molecule has 2 heterocycles. The van der Waals surface area contributed by atoms with Crippen LogP contribution in [0.4, 0.5) is 5.69 Å². The molecule has 6 nitrogen and oxygen atoms in total. The third-order valence-corrected chi connectivity index (χ3v) is 5.33. The summed E-state index contributed by atoms with van der Waals surface area (Å²) in [6, 6.07) is 5.75. The van der Waals surface area contributed by atoms with Crippen molar-refractivity contribution in [2.24, 2.45) is 5.92 Å². The third-order valence-electron chi connectivity index (χ3n) is 5.33. The number of hydrogen-bond donors (Lipinski definition) is 2. The summed E-state index contributed by atoms with van der Waals surface area (Å²) in [4.78, 5) is 27.0. The molecule has 3 rings (SSSR count). The minimum Gasteiger partial charge on any atom is -0.476 e. The molecular formula is C20H29N3O3. The van der Waals surface area contributed by atoms with Crippen LogP contribution in [-0.4, -0.2) is 48.0 Å². The minimum atomic E-state index is -0.901. The van der Waals surface area contributed by atoms with Crippen LogP contribution in [0.5, 0.6) is 5.75 Å². The van der Waals surface area contributed by atoms with Crippen LogP contribution in [-0.2, 0) is 4.79 Å². The standard InChI is InChI=1S/C20H29N3O3/c1-13(2)23-9-7-14(8-10-23)12-21-18(24)15-5-6-17-16(11-15)22-19(25)20(3,4)26-17/h5-6,11,13-14H,7-10,12H2,1-4H3,(H,21,24)(H,22,25). The number of carbonyl (C=O) groups is 2. The maximum Gasteiger partial charge on any atom is 0.268 e. The summed E-state index contributed by atoms with van der Waals surface area (Å²) in [5, 5.41) is 5.85. The van der Waals surface area contributed by atoms with Crippen molar-refractivity contribution in [3.63, 3.8) is 0 Å². The van der Waals surface area contributed by atoms with Crippen molar-refractivity contribution in [2.45, 2.75) is 52.2 Å². The number of anilines is 1. The van der Waals surface area contributed by atoms with E-state index in [0.29, 0.717) is 35.5 Å². The van der Waals surface area contributed by atoms with E-state index in [9.17, 15) is 9.59 Å². The van der Waals surface area contributed by atoms with Gasteiger partial charge in [0.05, 0.1) is 5.69 Å². The summed E-state index contributed by atoms with van der Waals surface area (Å²) in [6.45, 7) is 10.8. The lowest BCUT2D eigenvalue weighted by Gasteiger charge is -2.34. The molecule has 1 aromatic rings. The zero-order valence-electron chi connectivity index (χ0n) is 16.1. The van der Waals surface area contributed by atoms with E-state index in [1.807, 2.05) is 0 Å². The van der Waals surface area contributed by atoms with Crippen molar-refractivity contribution in [3.05, 3.63) is 23.8 Å². The molecule has 0 radical (unpaired) electrons. The largest absolute Gasteiger partial charge is 0.476 e. The highest BCUT2D eigenvalue weighted by molar-refractivity contribution is 6.02. The lowest BCUT2D eigenvalue weighted by molar-refractivity contribution is -0.129. The molecule has 0 aliphatic carbocycles. The molecular weight excluding hydrogens is 330 g/mol. The molecule has 1 fully saturated rings. The van der Waals surface area contributed by atoms with Gasteiger partial charge in [-0.05, 0) is 77.7 Å². The number of hydrogen-bond acceptors (Lipinski definition) is 4. The number of ether oxygens (including phenoxy) is 1. The summed E-state index contributed by atoms with van der Waals surface area (Å²) in [5.74, 6) is 0.792. The van der Waals surface area contributed by atoms with Crippen LogP contribution in [0.3, 0.4) is 0 Å². The average molecular weight is 359 g/mol. The molecule has 26 heavy (non-hydrogen) atoms. The number of carbonyl (C=O) groups excluding carboxylic acids is 2. The Kier molecular flexibility index (Phi) is 5.23. The first-order chi connectivity index (χ1) is 12.3. The SMILES string of the molecule is CC(C)N1CCC(CNC(=O)c2ccc3c(c2)NC(=O)C(C)(C)O3)CC1. The highest BCUT2D eigenvalue weighted by Crippen LogP contribution is 2.34. The third kappa shape index (κ3) is 4.01. The van der Waals surface area contributed by atoms with Crippen molar-refractivity contribution >= 4 is 17.5 Å². The first-order valence-electron chi connectivity index (χ1n) is 9.43. The molecule has 0 spiro atoms. The Morgan fingerprint density at radius 1 is 1.35 bits per heavy atom. The Hall–Kier alpha value is -2.08. The molecule has 0 unspecified atom stereocenters. The van der Waals surface area contributed by atoms with Gasteiger partial charge in [0.25, 0.3) is 11.8 Å². The van der Waals surface area contributed by atoms with E-state index in [2.05, 4.69) is 29.4 Å². The van der Waals surface area contributed by atoms with Gasteiger partial charge in [-0.1, -0.05) is 0 Å². The summed E-state index contributed by atoms with van der Waals surface area (Å²) in [6.07, 6.45) is 2.23. The maximum atomic E-state index is 12.5. The number of likely N-dealkylation sites (tertiary alicyclic amines) is 1. The van der Waals surface area contributed by atoms with Crippen LogP contribution in [0.1, 0.15) is 50.9 Å². The summed E-state index contributed by atoms with van der Waals surface area (Å²) in [5.41, 5.74) is 0.181. The van der Waals surface area contributed by atoms with E-state index >= 15 is 0 Å². The van der Waals surface area contributed by atoms with Crippen LogP contribution in [0, 0.1) is 5.92 Å². The molecule has 2 amide bonds. The number of piperidine rings is 1. The van der Waals surface area contributed by atoms with Gasteiger partial charge in [0.2, 0.25) is 0 Å². The van der Waals surface area contributed by atoms with Crippen LogP contribution in [0.2, 0.25) is 0 Å². The van der Waals surface area contributed by atoms with Crippen molar-refractivity contribution < 1.29 is 14.3 Å². The van der Waals surface area contributed by atoms with Gasteiger partial charge in [-0.3, -0.25) is 9.59 Å². The number of nitrogens with zero attached hydrogens (tertiary/aromatic N) is 1. The Bertz CT molecular complexity index is 692. The Morgan fingerprint density at radius 2 is 2.04 bits per heavy atom. The number of amides is 2. The molecule has 1 saturated heterocycles. The smallest absolute Gasteiger partial charge is 0.268 e. The topological polar surface area (TPSA) is 70.7 Å². The van der Waals surface area contributed by atoms with Gasteiger partial charge in [-0.2, -0.15) is 0 Å². The highest BCUT2D eigenvalue weighted by Gasteiger charge is 2.35. The second-order valence-corrected chi connectivity index (χ2v) is 8.06. The number of nitrogens with one attached hydrogen (secondary N) is 2. The Morgan fingerprint density at radius 3 is 2.69 bits per heavy atom. The Labute approximate surface area is 155 Å². The predicted molar refractivity (Wildman–Crippen MR) is 102 cm³/mol. The highest BCUT2D eigenvalue weighted by atomic mass is 16.5. The van der Waals surface area contributed by atoms with Gasteiger partial charge in [0.15, 0.2) is 5.60 Å². The lowest BCUT2D eigenvalue weighted by atomic mass is 9.96. The molecule has 142 valence electrons. The molecule has 6 heteroatoms. The lowest BCUT2D eigenvalue weighted by Crippen LogP contribution is -2.45. The fraction of sp³-hybridized carbons (Fsp3) is 0.600.